The van der Waals surface area contributed by atoms with Crippen molar-refractivity contribution < 1.29 is 18.7 Å². The molecule has 1 unspecified atom stereocenters. The fourth-order valence-corrected chi connectivity index (χ4v) is 5.55. The number of nitrogens with one attached hydrogen (secondary N) is 1. The number of nitrogens with zero attached hydrogens (tertiary/aromatic N) is 1. The zero-order valence-corrected chi connectivity index (χ0v) is 19.6. The predicted octanol–water partition coefficient (Wildman–Crippen LogP) is 5.63. The van der Waals surface area contributed by atoms with Gasteiger partial charge < -0.3 is 14.5 Å². The van der Waals surface area contributed by atoms with E-state index in [1.807, 2.05) is 53.9 Å². The molecule has 0 bridgehead atoms. The maximum absolute atomic E-state index is 12.0. The summed E-state index contributed by atoms with van der Waals surface area (Å²) in [5.74, 6) is 2.32. The topological polar surface area (TPSA) is 81.4 Å². The number of thiophene rings is 1. The zero-order valence-electron chi connectivity index (χ0n) is 18.0. The first kappa shape index (κ1) is 21.7. The van der Waals surface area contributed by atoms with E-state index in [4.69, 9.17) is 14.1 Å². The van der Waals surface area contributed by atoms with Crippen molar-refractivity contribution in [3.63, 3.8) is 0 Å². The molecule has 1 fully saturated rings. The van der Waals surface area contributed by atoms with E-state index < -0.39 is 6.04 Å². The Labute approximate surface area is 199 Å². The van der Waals surface area contributed by atoms with Gasteiger partial charge in [-0.3, -0.25) is 9.59 Å². The van der Waals surface area contributed by atoms with Gasteiger partial charge in [0.25, 0.3) is 5.24 Å². The fraction of sp³-hybridized carbons (Fsp3) is 0.240. The molecule has 0 spiro atoms. The number of fused-ring (bicyclic) bond motifs is 1. The molecule has 8 heteroatoms. The first-order valence-electron chi connectivity index (χ1n) is 10.8. The van der Waals surface area contributed by atoms with Crippen molar-refractivity contribution in [1.29, 1.82) is 0 Å². The van der Waals surface area contributed by atoms with E-state index in [1.54, 1.807) is 11.3 Å². The summed E-state index contributed by atoms with van der Waals surface area (Å²) in [6.45, 7) is 2.54. The highest BCUT2D eigenvalue weighted by Crippen LogP contribution is 2.34. The summed E-state index contributed by atoms with van der Waals surface area (Å²) in [6.07, 6.45) is 1.90. The van der Waals surface area contributed by atoms with Crippen molar-refractivity contribution in [3.05, 3.63) is 70.9 Å². The van der Waals surface area contributed by atoms with Crippen LogP contribution >= 0.6 is 23.1 Å². The first-order chi connectivity index (χ1) is 16.1. The maximum Gasteiger partial charge on any atom is 0.287 e. The quantitative estimate of drug-likeness (QED) is 0.353. The van der Waals surface area contributed by atoms with Crippen LogP contribution in [-0.2, 0) is 24.1 Å². The third-order valence-electron chi connectivity index (χ3n) is 5.57. The molecule has 0 aliphatic carbocycles. The number of oxazole rings is 1. The highest BCUT2D eigenvalue weighted by molar-refractivity contribution is 8.26. The van der Waals surface area contributed by atoms with Gasteiger partial charge in [-0.05, 0) is 35.2 Å². The normalized spacial score (nSPS) is 15.8. The molecule has 2 aromatic heterocycles. The molecule has 5 rings (SSSR count). The summed E-state index contributed by atoms with van der Waals surface area (Å²) < 4.78 is 13.2. The van der Waals surface area contributed by atoms with Crippen molar-refractivity contribution >= 4 is 43.5 Å². The second kappa shape index (κ2) is 9.41. The number of carbonyl (C=O) groups excluding carboxylic acids is 2. The summed E-state index contributed by atoms with van der Waals surface area (Å²) in [5.41, 5.74) is 2.92. The minimum absolute atomic E-state index is 0.126. The molecular weight excluding hydrogens is 456 g/mol. The zero-order chi connectivity index (χ0) is 22.8. The van der Waals surface area contributed by atoms with Crippen molar-refractivity contribution in [2.24, 2.45) is 0 Å². The molecule has 6 nitrogen and oxygen atoms in total. The lowest BCUT2D eigenvalue weighted by molar-refractivity contribution is -0.112. The summed E-state index contributed by atoms with van der Waals surface area (Å²) in [5, 5.41) is 5.37. The number of aryl methyl sites for hydroxylation is 1. The molecule has 1 aliphatic rings. The van der Waals surface area contributed by atoms with Gasteiger partial charge in [-0.25, -0.2) is 4.98 Å². The Morgan fingerprint density at radius 1 is 1.12 bits per heavy atom. The van der Waals surface area contributed by atoms with E-state index in [0.29, 0.717) is 25.3 Å². The number of hydrogen-bond acceptors (Lipinski definition) is 7. The van der Waals surface area contributed by atoms with Crippen LogP contribution in [0.3, 0.4) is 0 Å². The molecule has 1 amide bonds. The van der Waals surface area contributed by atoms with E-state index in [2.05, 4.69) is 12.2 Å². The number of carbonyl (C=O) groups is 2. The Morgan fingerprint density at radius 3 is 2.73 bits per heavy atom. The third-order valence-corrected chi connectivity index (χ3v) is 7.35. The SMILES string of the molecule is CCc1oc(-c2ccccc2)nc1CCOc1ccc(CC2NC(=O)SC2=O)c2sccc12. The van der Waals surface area contributed by atoms with Gasteiger partial charge in [0.1, 0.15) is 17.6 Å². The van der Waals surface area contributed by atoms with Gasteiger partial charge in [0.2, 0.25) is 11.0 Å². The Bertz CT molecular complexity index is 1310. The molecule has 2 aromatic carbocycles. The highest BCUT2D eigenvalue weighted by atomic mass is 32.2. The van der Waals surface area contributed by atoms with Crippen molar-refractivity contribution in [3.8, 4) is 17.2 Å². The number of aromatic nitrogens is 1. The fourth-order valence-electron chi connectivity index (χ4n) is 3.94. The van der Waals surface area contributed by atoms with Crippen LogP contribution in [0, 0.1) is 0 Å². The van der Waals surface area contributed by atoms with Crippen molar-refractivity contribution in [1.82, 2.24) is 10.3 Å². The highest BCUT2D eigenvalue weighted by Gasteiger charge is 2.31. The van der Waals surface area contributed by atoms with Crippen LogP contribution in [0.4, 0.5) is 4.79 Å². The lowest BCUT2D eigenvalue weighted by Crippen LogP contribution is -2.30. The van der Waals surface area contributed by atoms with E-state index >= 15 is 0 Å². The summed E-state index contributed by atoms with van der Waals surface area (Å²) in [7, 11) is 0. The molecule has 3 heterocycles. The largest absolute Gasteiger partial charge is 0.493 e. The first-order valence-corrected chi connectivity index (χ1v) is 12.5. The van der Waals surface area contributed by atoms with E-state index in [9.17, 15) is 9.59 Å². The van der Waals surface area contributed by atoms with Crippen LogP contribution in [0.25, 0.3) is 21.5 Å². The number of amides is 1. The Balaban J connectivity index is 1.29. The summed E-state index contributed by atoms with van der Waals surface area (Å²) in [6, 6.07) is 15.4. The Kier molecular flexibility index (Phi) is 6.20. The predicted molar refractivity (Wildman–Crippen MR) is 131 cm³/mol. The second-order valence-corrected chi connectivity index (χ2v) is 9.60. The van der Waals surface area contributed by atoms with Crippen LogP contribution in [0.15, 0.2) is 58.3 Å². The number of benzene rings is 2. The summed E-state index contributed by atoms with van der Waals surface area (Å²) in [4.78, 5) is 28.2. The molecule has 1 aliphatic heterocycles. The minimum atomic E-state index is -0.474. The van der Waals surface area contributed by atoms with Gasteiger partial charge in [-0.2, -0.15) is 0 Å². The van der Waals surface area contributed by atoms with Gasteiger partial charge in [0.15, 0.2) is 0 Å². The van der Waals surface area contributed by atoms with Gasteiger partial charge in [0, 0.05) is 46.7 Å². The average molecular weight is 479 g/mol. The molecular formula is C25H22N2O4S2. The van der Waals surface area contributed by atoms with E-state index in [-0.39, 0.29) is 10.4 Å². The molecule has 0 radical (unpaired) electrons. The molecule has 33 heavy (non-hydrogen) atoms. The number of rotatable bonds is 8. The van der Waals surface area contributed by atoms with Crippen LogP contribution in [0.2, 0.25) is 0 Å². The van der Waals surface area contributed by atoms with Gasteiger partial charge in [-0.1, -0.05) is 31.2 Å². The lowest BCUT2D eigenvalue weighted by atomic mass is 10.0. The third kappa shape index (κ3) is 4.54. The van der Waals surface area contributed by atoms with Crippen molar-refractivity contribution in [2.75, 3.05) is 6.61 Å². The number of ether oxygens (including phenoxy) is 1. The van der Waals surface area contributed by atoms with Crippen LogP contribution in [-0.4, -0.2) is 28.0 Å². The van der Waals surface area contributed by atoms with Crippen molar-refractivity contribution in [2.45, 2.75) is 32.2 Å². The lowest BCUT2D eigenvalue weighted by Gasteiger charge is -2.12. The molecule has 1 saturated heterocycles. The van der Waals surface area contributed by atoms with Crippen LogP contribution < -0.4 is 10.1 Å². The Hall–Kier alpha value is -3.10. The van der Waals surface area contributed by atoms with Crippen LogP contribution in [0.5, 0.6) is 5.75 Å². The average Bonchev–Trinajstić information content (AvgIpc) is 3.54. The maximum atomic E-state index is 12.0. The standard InChI is InChI=1S/C25H22N2O4S2/c1-2-20-18(26-23(31-20)15-6-4-3-5-7-15)10-12-30-21-9-8-16(22-17(21)11-13-32-22)14-19-24(28)33-25(29)27-19/h3-9,11,13,19H,2,10,12,14H2,1H3,(H,27,29). The summed E-state index contributed by atoms with van der Waals surface area (Å²) >= 11 is 2.36. The smallest absolute Gasteiger partial charge is 0.287 e. The molecule has 4 aromatic rings. The van der Waals surface area contributed by atoms with Gasteiger partial charge in [0.05, 0.1) is 12.3 Å². The molecule has 1 atom stereocenters. The van der Waals surface area contributed by atoms with E-state index in [1.165, 1.54) is 0 Å². The van der Waals surface area contributed by atoms with Gasteiger partial charge >= 0.3 is 0 Å². The van der Waals surface area contributed by atoms with Crippen LogP contribution in [0.1, 0.15) is 23.9 Å². The van der Waals surface area contributed by atoms with E-state index in [0.717, 1.165) is 56.6 Å². The molecule has 0 saturated carbocycles. The van der Waals surface area contributed by atoms with Gasteiger partial charge in [-0.15, -0.1) is 11.3 Å². The molecule has 1 N–H and O–H groups in total. The number of thioether (sulfide) groups is 1. The number of hydrogen-bond donors (Lipinski definition) is 1. The monoisotopic (exact) mass is 478 g/mol. The second-order valence-electron chi connectivity index (χ2n) is 7.70. The minimum Gasteiger partial charge on any atom is -0.493 e. The molecule has 168 valence electrons. The Morgan fingerprint density at radius 2 is 1.97 bits per heavy atom.